The predicted octanol–water partition coefficient (Wildman–Crippen LogP) is 2.17. The second-order valence-electron chi connectivity index (χ2n) is 6.04. The highest BCUT2D eigenvalue weighted by Crippen LogP contribution is 2.31. The van der Waals surface area contributed by atoms with E-state index in [1.807, 2.05) is 9.80 Å². The molecule has 0 spiro atoms. The maximum atomic E-state index is 12.4. The maximum absolute atomic E-state index is 12.4. The van der Waals surface area contributed by atoms with E-state index in [0.717, 1.165) is 25.9 Å². The van der Waals surface area contributed by atoms with Crippen molar-refractivity contribution in [1.82, 2.24) is 9.80 Å². The molecule has 1 N–H and O–H groups in total. The lowest BCUT2D eigenvalue weighted by atomic mass is 9.80. The Bertz CT molecular complexity index is 341. The molecule has 0 saturated carbocycles. The molecular formula is C14H24N2O3. The molecule has 0 atom stereocenters. The Balaban J connectivity index is 1.90. The van der Waals surface area contributed by atoms with E-state index in [-0.39, 0.29) is 6.03 Å². The molecule has 5 heteroatoms. The maximum Gasteiger partial charge on any atom is 0.319 e. The van der Waals surface area contributed by atoms with E-state index in [4.69, 9.17) is 0 Å². The molecule has 2 fully saturated rings. The van der Waals surface area contributed by atoms with Gasteiger partial charge in [-0.05, 0) is 32.6 Å². The highest BCUT2D eigenvalue weighted by molar-refractivity contribution is 5.77. The molecule has 19 heavy (non-hydrogen) atoms. The first-order valence-electron chi connectivity index (χ1n) is 7.30. The number of carbonyl (C=O) groups excluding carboxylic acids is 1. The van der Waals surface area contributed by atoms with Crippen LogP contribution in [-0.4, -0.2) is 53.1 Å². The Labute approximate surface area is 114 Å². The summed E-state index contributed by atoms with van der Waals surface area (Å²) < 4.78 is 0. The van der Waals surface area contributed by atoms with Crippen molar-refractivity contribution in [1.29, 1.82) is 0 Å². The van der Waals surface area contributed by atoms with Crippen molar-refractivity contribution in [3.8, 4) is 0 Å². The van der Waals surface area contributed by atoms with Crippen LogP contribution in [0.1, 0.15) is 45.4 Å². The van der Waals surface area contributed by atoms with E-state index >= 15 is 0 Å². The SMILES string of the molecule is CC1(C(=O)O)CCN(C(=O)N2CCCCCC2)CC1. The highest BCUT2D eigenvalue weighted by atomic mass is 16.4. The summed E-state index contributed by atoms with van der Waals surface area (Å²) in [6.07, 6.45) is 5.71. The Morgan fingerprint density at radius 1 is 0.895 bits per heavy atom. The first-order chi connectivity index (χ1) is 9.03. The first-order valence-corrected chi connectivity index (χ1v) is 7.30. The molecule has 0 aliphatic carbocycles. The standard InChI is InChI=1S/C14H24N2O3/c1-14(12(17)18)6-10-16(11-7-14)13(19)15-8-4-2-3-5-9-15/h2-11H2,1H3,(H,17,18). The minimum absolute atomic E-state index is 0.106. The van der Waals surface area contributed by atoms with Gasteiger partial charge in [0, 0.05) is 26.2 Å². The van der Waals surface area contributed by atoms with Crippen LogP contribution in [0.4, 0.5) is 4.79 Å². The van der Waals surface area contributed by atoms with Gasteiger partial charge in [0.1, 0.15) is 0 Å². The van der Waals surface area contributed by atoms with Gasteiger partial charge in [0.15, 0.2) is 0 Å². The van der Waals surface area contributed by atoms with E-state index in [2.05, 4.69) is 0 Å². The second kappa shape index (κ2) is 5.80. The Morgan fingerprint density at radius 3 is 1.84 bits per heavy atom. The molecule has 108 valence electrons. The third kappa shape index (κ3) is 3.19. The lowest BCUT2D eigenvalue weighted by molar-refractivity contribution is -0.150. The molecule has 2 aliphatic heterocycles. The molecular weight excluding hydrogens is 244 g/mol. The Morgan fingerprint density at radius 2 is 1.37 bits per heavy atom. The molecule has 2 amide bonds. The average molecular weight is 268 g/mol. The lowest BCUT2D eigenvalue weighted by Crippen LogP contribution is -2.50. The van der Waals surface area contributed by atoms with Crippen LogP contribution >= 0.6 is 0 Å². The average Bonchev–Trinajstić information content (AvgIpc) is 2.67. The third-order valence-electron chi connectivity index (χ3n) is 4.53. The van der Waals surface area contributed by atoms with Crippen molar-refractivity contribution in [3.05, 3.63) is 0 Å². The summed E-state index contributed by atoms with van der Waals surface area (Å²) in [5.41, 5.74) is -0.657. The number of hydrogen-bond acceptors (Lipinski definition) is 2. The van der Waals surface area contributed by atoms with Gasteiger partial charge in [0.2, 0.25) is 0 Å². The summed E-state index contributed by atoms with van der Waals surface area (Å²) in [4.78, 5) is 27.3. The van der Waals surface area contributed by atoms with Gasteiger partial charge in [-0.1, -0.05) is 12.8 Å². The van der Waals surface area contributed by atoms with Gasteiger partial charge >= 0.3 is 12.0 Å². The fourth-order valence-corrected chi connectivity index (χ4v) is 2.87. The number of amides is 2. The zero-order chi connectivity index (χ0) is 13.9. The van der Waals surface area contributed by atoms with Crippen molar-refractivity contribution in [2.75, 3.05) is 26.2 Å². The van der Waals surface area contributed by atoms with Crippen LogP contribution in [0.5, 0.6) is 0 Å². The minimum atomic E-state index is -0.741. The monoisotopic (exact) mass is 268 g/mol. The van der Waals surface area contributed by atoms with E-state index in [9.17, 15) is 14.7 Å². The minimum Gasteiger partial charge on any atom is -0.481 e. The summed E-state index contributed by atoms with van der Waals surface area (Å²) in [7, 11) is 0. The first kappa shape index (κ1) is 14.2. The van der Waals surface area contributed by atoms with Crippen molar-refractivity contribution in [2.24, 2.45) is 5.41 Å². The van der Waals surface area contributed by atoms with Gasteiger partial charge in [0.05, 0.1) is 5.41 Å². The molecule has 2 rings (SSSR count). The zero-order valence-electron chi connectivity index (χ0n) is 11.7. The van der Waals surface area contributed by atoms with Crippen LogP contribution in [0.3, 0.4) is 0 Å². The number of aliphatic carboxylic acids is 1. The molecule has 0 unspecified atom stereocenters. The number of hydrogen-bond donors (Lipinski definition) is 1. The predicted molar refractivity (Wildman–Crippen MR) is 72.0 cm³/mol. The van der Waals surface area contributed by atoms with Crippen LogP contribution in [0, 0.1) is 5.41 Å². The normalized spacial score (nSPS) is 23.8. The van der Waals surface area contributed by atoms with Crippen LogP contribution in [0.15, 0.2) is 0 Å². The van der Waals surface area contributed by atoms with Crippen LogP contribution in [0.25, 0.3) is 0 Å². The van der Waals surface area contributed by atoms with Crippen molar-refractivity contribution < 1.29 is 14.7 Å². The number of rotatable bonds is 1. The highest BCUT2D eigenvalue weighted by Gasteiger charge is 2.38. The summed E-state index contributed by atoms with van der Waals surface area (Å²) in [5.74, 6) is -0.741. The molecule has 0 aromatic rings. The number of urea groups is 1. The second-order valence-corrected chi connectivity index (χ2v) is 6.04. The molecule has 0 aromatic heterocycles. The van der Waals surface area contributed by atoms with Crippen molar-refractivity contribution in [2.45, 2.75) is 45.4 Å². The topological polar surface area (TPSA) is 60.9 Å². The molecule has 5 nitrogen and oxygen atoms in total. The van der Waals surface area contributed by atoms with Crippen LogP contribution in [-0.2, 0) is 4.79 Å². The number of carbonyl (C=O) groups is 2. The summed E-state index contributed by atoms with van der Waals surface area (Å²) in [5, 5.41) is 9.19. The largest absolute Gasteiger partial charge is 0.481 e. The van der Waals surface area contributed by atoms with E-state index in [1.165, 1.54) is 12.8 Å². The number of carboxylic acid groups (broad SMARTS) is 1. The Kier molecular flexibility index (Phi) is 4.32. The van der Waals surface area contributed by atoms with Gasteiger partial charge in [-0.15, -0.1) is 0 Å². The lowest BCUT2D eigenvalue weighted by Gasteiger charge is -2.38. The number of carboxylic acids is 1. The van der Waals surface area contributed by atoms with Gasteiger partial charge in [0.25, 0.3) is 0 Å². The number of piperidine rings is 1. The van der Waals surface area contributed by atoms with Gasteiger partial charge < -0.3 is 14.9 Å². The number of likely N-dealkylation sites (tertiary alicyclic amines) is 2. The fourth-order valence-electron chi connectivity index (χ4n) is 2.87. The van der Waals surface area contributed by atoms with Crippen molar-refractivity contribution in [3.63, 3.8) is 0 Å². The molecule has 2 saturated heterocycles. The van der Waals surface area contributed by atoms with Crippen LogP contribution in [0.2, 0.25) is 0 Å². The van der Waals surface area contributed by atoms with Gasteiger partial charge in [-0.25, -0.2) is 4.79 Å². The van der Waals surface area contributed by atoms with Gasteiger partial charge in [-0.3, -0.25) is 4.79 Å². The van der Waals surface area contributed by atoms with E-state index < -0.39 is 11.4 Å². The quantitative estimate of drug-likeness (QED) is 0.793. The molecule has 2 aliphatic rings. The molecule has 0 bridgehead atoms. The van der Waals surface area contributed by atoms with Gasteiger partial charge in [-0.2, -0.15) is 0 Å². The smallest absolute Gasteiger partial charge is 0.319 e. The number of nitrogens with zero attached hydrogens (tertiary/aromatic N) is 2. The Hall–Kier alpha value is -1.26. The van der Waals surface area contributed by atoms with Crippen LogP contribution < -0.4 is 0 Å². The molecule has 0 aromatic carbocycles. The summed E-state index contributed by atoms with van der Waals surface area (Å²) >= 11 is 0. The zero-order valence-corrected chi connectivity index (χ0v) is 11.7. The van der Waals surface area contributed by atoms with Crippen molar-refractivity contribution >= 4 is 12.0 Å². The molecule has 0 radical (unpaired) electrons. The van der Waals surface area contributed by atoms with E-state index in [0.29, 0.717) is 25.9 Å². The van der Waals surface area contributed by atoms with E-state index in [1.54, 1.807) is 6.92 Å². The summed E-state index contributed by atoms with van der Waals surface area (Å²) in [6, 6.07) is 0.106. The fraction of sp³-hybridized carbons (Fsp3) is 0.857. The third-order valence-corrected chi connectivity index (χ3v) is 4.53. The summed E-state index contributed by atoms with van der Waals surface area (Å²) in [6.45, 7) is 4.62. The molecule has 2 heterocycles.